The molecular formula is C8H18ClNO2. The molecule has 0 radical (unpaired) electrons. The average Bonchev–Trinajstić information content (AvgIpc) is 1.87. The van der Waals surface area contributed by atoms with Crippen molar-refractivity contribution in [2.45, 2.75) is 37.9 Å². The number of rotatable bonds is 1. The van der Waals surface area contributed by atoms with Crippen LogP contribution in [0.5, 0.6) is 0 Å². The Morgan fingerprint density at radius 2 is 2.00 bits per heavy atom. The van der Waals surface area contributed by atoms with Gasteiger partial charge in [-0.05, 0) is 33.2 Å². The molecule has 1 atom stereocenters. The predicted molar refractivity (Wildman–Crippen MR) is 50.6 cm³/mol. The number of hydrogen-bond acceptors (Lipinski definition) is 3. The first-order valence-corrected chi connectivity index (χ1v) is 4.11. The topological polar surface area (TPSA) is 52.5 Å². The SMILES string of the molecule is CC(C)(O)[C@@]1(O)CCCNC1.Cl. The monoisotopic (exact) mass is 195 g/mol. The fourth-order valence-corrected chi connectivity index (χ4v) is 1.41. The molecule has 0 aliphatic carbocycles. The third-order valence-corrected chi connectivity index (χ3v) is 2.50. The number of halogens is 1. The number of aliphatic hydroxyl groups is 2. The van der Waals surface area contributed by atoms with Crippen LogP contribution >= 0.6 is 12.4 Å². The first-order valence-electron chi connectivity index (χ1n) is 4.11. The van der Waals surface area contributed by atoms with Crippen LogP contribution in [0.3, 0.4) is 0 Å². The van der Waals surface area contributed by atoms with Crippen LogP contribution in [0.25, 0.3) is 0 Å². The molecule has 12 heavy (non-hydrogen) atoms. The van der Waals surface area contributed by atoms with E-state index in [0.29, 0.717) is 13.0 Å². The summed E-state index contributed by atoms with van der Waals surface area (Å²) >= 11 is 0. The van der Waals surface area contributed by atoms with E-state index >= 15 is 0 Å². The zero-order chi connectivity index (χ0) is 8.54. The molecule has 1 rings (SSSR count). The van der Waals surface area contributed by atoms with Gasteiger partial charge in [-0.1, -0.05) is 0 Å². The molecular weight excluding hydrogens is 178 g/mol. The van der Waals surface area contributed by atoms with Crippen LogP contribution < -0.4 is 5.32 Å². The minimum Gasteiger partial charge on any atom is -0.387 e. The summed E-state index contributed by atoms with van der Waals surface area (Å²) in [7, 11) is 0. The van der Waals surface area contributed by atoms with Gasteiger partial charge in [0.25, 0.3) is 0 Å². The zero-order valence-electron chi connectivity index (χ0n) is 7.63. The Balaban J connectivity index is 0.00000121. The number of hydrogen-bond donors (Lipinski definition) is 3. The van der Waals surface area contributed by atoms with E-state index in [0.717, 1.165) is 13.0 Å². The van der Waals surface area contributed by atoms with Crippen molar-refractivity contribution in [2.24, 2.45) is 0 Å². The molecule has 3 nitrogen and oxygen atoms in total. The van der Waals surface area contributed by atoms with Crippen LogP contribution in [0.4, 0.5) is 0 Å². The standard InChI is InChI=1S/C8H17NO2.ClH/c1-7(2,10)8(11)4-3-5-9-6-8;/h9-11H,3-6H2,1-2H3;1H/t8-;/m1./s1. The van der Waals surface area contributed by atoms with Crippen molar-refractivity contribution in [3.8, 4) is 0 Å². The maximum absolute atomic E-state index is 9.90. The van der Waals surface area contributed by atoms with E-state index < -0.39 is 11.2 Å². The summed E-state index contributed by atoms with van der Waals surface area (Å²) in [6, 6.07) is 0. The molecule has 0 aromatic heterocycles. The van der Waals surface area contributed by atoms with E-state index in [1.54, 1.807) is 13.8 Å². The van der Waals surface area contributed by atoms with Gasteiger partial charge < -0.3 is 15.5 Å². The lowest BCUT2D eigenvalue weighted by molar-refractivity contribution is -0.140. The maximum Gasteiger partial charge on any atom is 0.105 e. The van der Waals surface area contributed by atoms with E-state index in [1.165, 1.54) is 0 Å². The summed E-state index contributed by atoms with van der Waals surface area (Å²) in [5.41, 5.74) is -1.94. The summed E-state index contributed by atoms with van der Waals surface area (Å²) in [6.07, 6.45) is 1.62. The Kier molecular flexibility index (Phi) is 3.97. The average molecular weight is 196 g/mol. The molecule has 0 aromatic carbocycles. The molecule has 0 spiro atoms. The molecule has 0 unspecified atom stereocenters. The van der Waals surface area contributed by atoms with Crippen LogP contribution in [-0.4, -0.2) is 34.5 Å². The second-order valence-corrected chi connectivity index (χ2v) is 3.87. The molecule has 1 heterocycles. The van der Waals surface area contributed by atoms with Crippen molar-refractivity contribution in [2.75, 3.05) is 13.1 Å². The van der Waals surface area contributed by atoms with E-state index in [-0.39, 0.29) is 12.4 Å². The second kappa shape index (κ2) is 3.92. The normalized spacial score (nSPS) is 31.0. The largest absolute Gasteiger partial charge is 0.387 e. The minimum atomic E-state index is -1.000. The Bertz CT molecular complexity index is 138. The highest BCUT2D eigenvalue weighted by Crippen LogP contribution is 2.27. The van der Waals surface area contributed by atoms with Crippen LogP contribution in [0, 0.1) is 0 Å². The molecule has 4 heteroatoms. The van der Waals surface area contributed by atoms with Crippen LogP contribution in [0.1, 0.15) is 26.7 Å². The molecule has 3 N–H and O–H groups in total. The predicted octanol–water partition coefficient (Wildman–Crippen LogP) is 0.294. The third-order valence-electron chi connectivity index (χ3n) is 2.50. The van der Waals surface area contributed by atoms with Gasteiger partial charge in [0.2, 0.25) is 0 Å². The number of nitrogens with one attached hydrogen (secondary N) is 1. The fraction of sp³-hybridized carbons (Fsp3) is 1.00. The molecule has 0 bridgehead atoms. The van der Waals surface area contributed by atoms with E-state index in [9.17, 15) is 10.2 Å². The Hall–Kier alpha value is 0.170. The van der Waals surface area contributed by atoms with Gasteiger partial charge in [-0.15, -0.1) is 12.4 Å². The molecule has 0 saturated carbocycles. The molecule has 0 amide bonds. The molecule has 74 valence electrons. The van der Waals surface area contributed by atoms with Gasteiger partial charge in [0.1, 0.15) is 5.60 Å². The molecule has 1 aliphatic rings. The maximum atomic E-state index is 9.90. The lowest BCUT2D eigenvalue weighted by Gasteiger charge is -2.41. The Morgan fingerprint density at radius 1 is 1.42 bits per heavy atom. The fourth-order valence-electron chi connectivity index (χ4n) is 1.41. The Labute approximate surface area is 79.6 Å². The lowest BCUT2D eigenvalue weighted by atomic mass is 9.80. The highest BCUT2D eigenvalue weighted by molar-refractivity contribution is 5.85. The van der Waals surface area contributed by atoms with Gasteiger partial charge >= 0.3 is 0 Å². The van der Waals surface area contributed by atoms with Crippen molar-refractivity contribution < 1.29 is 10.2 Å². The van der Waals surface area contributed by atoms with Gasteiger partial charge in [-0.25, -0.2) is 0 Å². The van der Waals surface area contributed by atoms with Gasteiger partial charge in [-0.2, -0.15) is 0 Å². The highest BCUT2D eigenvalue weighted by atomic mass is 35.5. The van der Waals surface area contributed by atoms with E-state index in [1.807, 2.05) is 0 Å². The Morgan fingerprint density at radius 3 is 2.25 bits per heavy atom. The number of β-amino-alcohol motifs (C(OH)–C–C–N with tert-alkyl or cyclic N) is 1. The van der Waals surface area contributed by atoms with Crippen LogP contribution in [0.15, 0.2) is 0 Å². The summed E-state index contributed by atoms with van der Waals surface area (Å²) in [6.45, 7) is 4.74. The van der Waals surface area contributed by atoms with Gasteiger partial charge in [0.15, 0.2) is 0 Å². The smallest absolute Gasteiger partial charge is 0.105 e. The quantitative estimate of drug-likeness (QED) is 0.564. The first kappa shape index (κ1) is 12.2. The van der Waals surface area contributed by atoms with Crippen LogP contribution in [0.2, 0.25) is 0 Å². The van der Waals surface area contributed by atoms with Gasteiger partial charge in [-0.3, -0.25) is 0 Å². The minimum absolute atomic E-state index is 0. The van der Waals surface area contributed by atoms with Crippen molar-refractivity contribution in [1.29, 1.82) is 0 Å². The summed E-state index contributed by atoms with van der Waals surface area (Å²) in [5, 5.41) is 22.6. The highest BCUT2D eigenvalue weighted by Gasteiger charge is 2.42. The summed E-state index contributed by atoms with van der Waals surface area (Å²) < 4.78 is 0. The van der Waals surface area contributed by atoms with Crippen LogP contribution in [-0.2, 0) is 0 Å². The zero-order valence-corrected chi connectivity index (χ0v) is 8.45. The van der Waals surface area contributed by atoms with E-state index in [4.69, 9.17) is 0 Å². The molecule has 0 aromatic rings. The second-order valence-electron chi connectivity index (χ2n) is 3.87. The van der Waals surface area contributed by atoms with Crippen molar-refractivity contribution in [3.05, 3.63) is 0 Å². The first-order chi connectivity index (χ1) is 4.96. The van der Waals surface area contributed by atoms with Crippen molar-refractivity contribution in [3.63, 3.8) is 0 Å². The van der Waals surface area contributed by atoms with Crippen molar-refractivity contribution in [1.82, 2.24) is 5.32 Å². The van der Waals surface area contributed by atoms with Crippen molar-refractivity contribution >= 4 is 12.4 Å². The summed E-state index contributed by atoms with van der Waals surface area (Å²) in [4.78, 5) is 0. The lowest BCUT2D eigenvalue weighted by Crippen LogP contribution is -2.58. The summed E-state index contributed by atoms with van der Waals surface area (Å²) in [5.74, 6) is 0. The van der Waals surface area contributed by atoms with E-state index in [2.05, 4.69) is 5.32 Å². The van der Waals surface area contributed by atoms with Gasteiger partial charge in [0.05, 0.1) is 5.60 Å². The van der Waals surface area contributed by atoms with Gasteiger partial charge in [0, 0.05) is 6.54 Å². The number of piperidine rings is 1. The third kappa shape index (κ3) is 2.33. The molecule has 1 aliphatic heterocycles. The molecule has 1 fully saturated rings. The molecule has 1 saturated heterocycles.